The Morgan fingerprint density at radius 1 is 1.20 bits per heavy atom. The van der Waals surface area contributed by atoms with Gasteiger partial charge in [0.15, 0.2) is 0 Å². The number of hydrogen-bond donors (Lipinski definition) is 1. The Balaban J connectivity index is 2.19. The number of likely N-dealkylation sites (N-methyl/N-ethyl adjacent to an activating group) is 1. The second-order valence-corrected chi connectivity index (χ2v) is 3.97. The number of carbonyl (C=O) groups is 2. The van der Waals surface area contributed by atoms with Crippen LogP contribution in [0, 0.1) is 0 Å². The summed E-state index contributed by atoms with van der Waals surface area (Å²) < 4.78 is 0. The molecule has 1 N–H and O–H groups in total. The number of ketones is 1. The lowest BCUT2D eigenvalue weighted by Crippen LogP contribution is -2.50. The SMILES string of the molecule is CC(=O)CCNC(=O)N1CCN(C)CC1. The minimum absolute atomic E-state index is 0.0515. The monoisotopic (exact) mass is 213 g/mol. The Labute approximate surface area is 90.4 Å². The second-order valence-electron chi connectivity index (χ2n) is 3.97. The van der Waals surface area contributed by atoms with Crippen LogP contribution in [0.25, 0.3) is 0 Å². The average molecular weight is 213 g/mol. The number of Topliss-reactive ketones (excluding diaryl/α,β-unsaturated/α-hetero) is 1. The maximum Gasteiger partial charge on any atom is 0.317 e. The first-order valence-electron chi connectivity index (χ1n) is 5.30. The number of urea groups is 1. The summed E-state index contributed by atoms with van der Waals surface area (Å²) in [5.74, 6) is 0.105. The zero-order valence-electron chi connectivity index (χ0n) is 9.45. The molecule has 0 bridgehead atoms. The molecule has 0 unspecified atom stereocenters. The smallest absolute Gasteiger partial charge is 0.317 e. The molecule has 0 aromatic carbocycles. The first-order chi connectivity index (χ1) is 7.09. The first kappa shape index (κ1) is 12.0. The van der Waals surface area contributed by atoms with E-state index >= 15 is 0 Å². The quantitative estimate of drug-likeness (QED) is 0.713. The van der Waals surface area contributed by atoms with Gasteiger partial charge in [0, 0.05) is 39.1 Å². The predicted octanol–water partition coefficient (Wildman–Crippen LogP) is -0.0775. The van der Waals surface area contributed by atoms with E-state index in [0.29, 0.717) is 13.0 Å². The van der Waals surface area contributed by atoms with Crippen LogP contribution in [-0.4, -0.2) is 61.4 Å². The zero-order valence-corrected chi connectivity index (χ0v) is 9.45. The molecule has 5 heteroatoms. The summed E-state index contributed by atoms with van der Waals surface area (Å²) in [6, 6.07) is -0.0515. The number of nitrogens with one attached hydrogen (secondary N) is 1. The van der Waals surface area contributed by atoms with Gasteiger partial charge in [-0.1, -0.05) is 0 Å². The summed E-state index contributed by atoms with van der Waals surface area (Å²) >= 11 is 0. The number of nitrogens with zero attached hydrogens (tertiary/aromatic N) is 2. The van der Waals surface area contributed by atoms with Crippen molar-refractivity contribution >= 4 is 11.8 Å². The molecule has 0 aliphatic carbocycles. The maximum atomic E-state index is 11.6. The van der Waals surface area contributed by atoms with Gasteiger partial charge < -0.3 is 15.1 Å². The summed E-state index contributed by atoms with van der Waals surface area (Å²) in [6.45, 7) is 5.34. The third kappa shape index (κ3) is 4.29. The van der Waals surface area contributed by atoms with Crippen LogP contribution in [-0.2, 0) is 4.79 Å². The zero-order chi connectivity index (χ0) is 11.3. The first-order valence-corrected chi connectivity index (χ1v) is 5.30. The van der Waals surface area contributed by atoms with Gasteiger partial charge in [-0.25, -0.2) is 4.79 Å². The molecule has 1 fully saturated rings. The summed E-state index contributed by atoms with van der Waals surface area (Å²) in [4.78, 5) is 26.2. The molecule has 0 aromatic rings. The molecule has 5 nitrogen and oxygen atoms in total. The van der Waals surface area contributed by atoms with E-state index in [9.17, 15) is 9.59 Å². The highest BCUT2D eigenvalue weighted by Gasteiger charge is 2.18. The van der Waals surface area contributed by atoms with Crippen LogP contribution in [0.3, 0.4) is 0 Å². The van der Waals surface area contributed by atoms with Crippen molar-refractivity contribution < 1.29 is 9.59 Å². The summed E-state index contributed by atoms with van der Waals surface area (Å²) in [7, 11) is 2.05. The van der Waals surface area contributed by atoms with Gasteiger partial charge in [0.25, 0.3) is 0 Å². The lowest BCUT2D eigenvalue weighted by atomic mass is 10.3. The lowest BCUT2D eigenvalue weighted by molar-refractivity contribution is -0.116. The largest absolute Gasteiger partial charge is 0.338 e. The minimum atomic E-state index is -0.0515. The molecule has 0 aromatic heterocycles. The van der Waals surface area contributed by atoms with Crippen molar-refractivity contribution in [2.45, 2.75) is 13.3 Å². The normalized spacial score (nSPS) is 17.6. The van der Waals surface area contributed by atoms with E-state index < -0.39 is 0 Å². The number of rotatable bonds is 3. The molecule has 1 saturated heterocycles. The molecule has 1 rings (SSSR count). The molecular formula is C10H19N3O2. The van der Waals surface area contributed by atoms with E-state index in [2.05, 4.69) is 10.2 Å². The standard InChI is InChI=1S/C10H19N3O2/c1-9(14)3-4-11-10(15)13-7-5-12(2)6-8-13/h3-8H2,1-2H3,(H,11,15). The van der Waals surface area contributed by atoms with Gasteiger partial charge in [0.1, 0.15) is 5.78 Å². The van der Waals surface area contributed by atoms with Gasteiger partial charge in [-0.3, -0.25) is 4.79 Å². The molecule has 1 aliphatic rings. The Kier molecular flexibility index (Phi) is 4.55. The summed E-state index contributed by atoms with van der Waals surface area (Å²) in [6.07, 6.45) is 0.416. The Hall–Kier alpha value is -1.10. The summed E-state index contributed by atoms with van der Waals surface area (Å²) in [5, 5.41) is 2.75. The fourth-order valence-corrected chi connectivity index (χ4v) is 1.47. The Bertz CT molecular complexity index is 235. The molecule has 15 heavy (non-hydrogen) atoms. The lowest BCUT2D eigenvalue weighted by Gasteiger charge is -2.32. The van der Waals surface area contributed by atoms with Crippen LogP contribution in [0.4, 0.5) is 4.79 Å². The highest BCUT2D eigenvalue weighted by molar-refractivity contribution is 5.78. The van der Waals surface area contributed by atoms with E-state index in [1.165, 1.54) is 6.92 Å². The minimum Gasteiger partial charge on any atom is -0.338 e. The fourth-order valence-electron chi connectivity index (χ4n) is 1.47. The van der Waals surface area contributed by atoms with Crippen LogP contribution in [0.15, 0.2) is 0 Å². The fraction of sp³-hybridized carbons (Fsp3) is 0.800. The molecule has 0 atom stereocenters. The van der Waals surface area contributed by atoms with Crippen LogP contribution in [0.2, 0.25) is 0 Å². The molecule has 2 amide bonds. The Morgan fingerprint density at radius 2 is 1.80 bits per heavy atom. The number of hydrogen-bond acceptors (Lipinski definition) is 3. The van der Waals surface area contributed by atoms with Gasteiger partial charge in [-0.2, -0.15) is 0 Å². The number of amides is 2. The van der Waals surface area contributed by atoms with Crippen molar-refractivity contribution in [2.75, 3.05) is 39.8 Å². The van der Waals surface area contributed by atoms with Crippen molar-refractivity contribution in [3.8, 4) is 0 Å². The van der Waals surface area contributed by atoms with Gasteiger partial charge in [-0.05, 0) is 14.0 Å². The van der Waals surface area contributed by atoms with E-state index in [1.807, 2.05) is 7.05 Å². The summed E-state index contributed by atoms with van der Waals surface area (Å²) in [5.41, 5.74) is 0. The van der Waals surface area contributed by atoms with Crippen LogP contribution >= 0.6 is 0 Å². The topological polar surface area (TPSA) is 52.7 Å². The molecule has 86 valence electrons. The predicted molar refractivity (Wildman–Crippen MR) is 57.8 cm³/mol. The molecular weight excluding hydrogens is 194 g/mol. The van der Waals surface area contributed by atoms with E-state index in [0.717, 1.165) is 26.2 Å². The van der Waals surface area contributed by atoms with Gasteiger partial charge in [0.2, 0.25) is 0 Å². The van der Waals surface area contributed by atoms with Crippen molar-refractivity contribution in [3.05, 3.63) is 0 Å². The third-order valence-corrected chi connectivity index (χ3v) is 2.54. The number of piperazine rings is 1. The van der Waals surface area contributed by atoms with Crippen molar-refractivity contribution in [1.82, 2.24) is 15.1 Å². The number of carbonyl (C=O) groups excluding carboxylic acids is 2. The molecule has 1 heterocycles. The second kappa shape index (κ2) is 5.70. The Morgan fingerprint density at radius 3 is 2.33 bits per heavy atom. The van der Waals surface area contributed by atoms with Gasteiger partial charge in [-0.15, -0.1) is 0 Å². The van der Waals surface area contributed by atoms with Gasteiger partial charge >= 0.3 is 6.03 Å². The van der Waals surface area contributed by atoms with Crippen molar-refractivity contribution in [3.63, 3.8) is 0 Å². The van der Waals surface area contributed by atoms with Crippen LogP contribution in [0.1, 0.15) is 13.3 Å². The van der Waals surface area contributed by atoms with E-state index in [1.54, 1.807) is 4.90 Å². The van der Waals surface area contributed by atoms with Crippen LogP contribution in [0.5, 0.6) is 0 Å². The van der Waals surface area contributed by atoms with Crippen molar-refractivity contribution in [2.24, 2.45) is 0 Å². The average Bonchev–Trinajstić information content (AvgIpc) is 2.18. The molecule has 0 radical (unpaired) electrons. The third-order valence-electron chi connectivity index (χ3n) is 2.54. The van der Waals surface area contributed by atoms with E-state index in [-0.39, 0.29) is 11.8 Å². The van der Waals surface area contributed by atoms with Gasteiger partial charge in [0.05, 0.1) is 0 Å². The molecule has 0 spiro atoms. The molecule has 0 saturated carbocycles. The van der Waals surface area contributed by atoms with Crippen molar-refractivity contribution in [1.29, 1.82) is 0 Å². The highest BCUT2D eigenvalue weighted by Crippen LogP contribution is 1.98. The van der Waals surface area contributed by atoms with Crippen LogP contribution < -0.4 is 5.32 Å². The molecule has 1 aliphatic heterocycles. The highest BCUT2D eigenvalue weighted by atomic mass is 16.2. The van der Waals surface area contributed by atoms with E-state index in [4.69, 9.17) is 0 Å². The maximum absolute atomic E-state index is 11.6.